The first-order valence-electron chi connectivity index (χ1n) is 6.13. The maximum atomic E-state index is 11.1. The number of carboxylic acids is 1. The van der Waals surface area contributed by atoms with Gasteiger partial charge < -0.3 is 9.52 Å². The summed E-state index contributed by atoms with van der Waals surface area (Å²) in [6, 6.07) is 15.2. The largest absolute Gasteiger partial charge is 0.481 e. The molecule has 100 valence electrons. The van der Waals surface area contributed by atoms with E-state index < -0.39 is 5.97 Å². The number of aliphatic carboxylic acids is 1. The third-order valence-corrected chi connectivity index (χ3v) is 3.61. The van der Waals surface area contributed by atoms with Gasteiger partial charge in [-0.2, -0.15) is 0 Å². The Morgan fingerprint density at radius 2 is 1.90 bits per heavy atom. The lowest BCUT2D eigenvalue weighted by Gasteiger charge is -2.00. The summed E-state index contributed by atoms with van der Waals surface area (Å²) in [5, 5.41) is 9.96. The summed E-state index contributed by atoms with van der Waals surface area (Å²) in [5.74, 6) is -0.242. The lowest BCUT2D eigenvalue weighted by molar-refractivity contribution is -0.136. The SMILES string of the molecule is O=C(O)Cc1c(-c2ccccc2)oc2cc(Br)ccc12. The Kier molecular flexibility index (Phi) is 3.32. The molecule has 4 heteroatoms. The van der Waals surface area contributed by atoms with Crippen molar-refractivity contribution in [2.75, 3.05) is 0 Å². The minimum absolute atomic E-state index is 0.0567. The van der Waals surface area contributed by atoms with E-state index in [2.05, 4.69) is 15.9 Å². The zero-order chi connectivity index (χ0) is 14.1. The number of benzene rings is 2. The van der Waals surface area contributed by atoms with Gasteiger partial charge in [0.15, 0.2) is 0 Å². The van der Waals surface area contributed by atoms with Crippen molar-refractivity contribution in [3.63, 3.8) is 0 Å². The minimum Gasteiger partial charge on any atom is -0.481 e. The Morgan fingerprint density at radius 3 is 2.60 bits per heavy atom. The summed E-state index contributed by atoms with van der Waals surface area (Å²) in [6.07, 6.45) is -0.0567. The van der Waals surface area contributed by atoms with Crippen LogP contribution in [0.1, 0.15) is 5.56 Å². The Labute approximate surface area is 124 Å². The monoisotopic (exact) mass is 330 g/mol. The molecule has 3 rings (SSSR count). The standard InChI is InChI=1S/C16H11BrO3/c17-11-6-7-12-13(9-15(18)19)16(20-14(12)8-11)10-4-2-1-3-5-10/h1-8H,9H2,(H,18,19). The van der Waals surface area contributed by atoms with Crippen LogP contribution < -0.4 is 0 Å². The molecule has 20 heavy (non-hydrogen) atoms. The number of furan rings is 1. The van der Waals surface area contributed by atoms with Crippen molar-refractivity contribution < 1.29 is 14.3 Å². The number of carboxylic acid groups (broad SMARTS) is 1. The van der Waals surface area contributed by atoms with Gasteiger partial charge in [0, 0.05) is 21.0 Å². The van der Waals surface area contributed by atoms with Gasteiger partial charge in [-0.05, 0) is 18.2 Å². The molecule has 0 fully saturated rings. The second-order valence-electron chi connectivity index (χ2n) is 4.49. The molecule has 0 radical (unpaired) electrons. The van der Waals surface area contributed by atoms with Crippen LogP contribution in [0.2, 0.25) is 0 Å². The highest BCUT2D eigenvalue weighted by molar-refractivity contribution is 9.10. The van der Waals surface area contributed by atoms with E-state index in [0.717, 1.165) is 15.4 Å². The molecule has 3 aromatic rings. The zero-order valence-electron chi connectivity index (χ0n) is 10.5. The smallest absolute Gasteiger partial charge is 0.307 e. The average Bonchev–Trinajstić information content (AvgIpc) is 2.77. The van der Waals surface area contributed by atoms with Crippen LogP contribution in [0.3, 0.4) is 0 Å². The molecule has 0 atom stereocenters. The van der Waals surface area contributed by atoms with E-state index in [-0.39, 0.29) is 6.42 Å². The Balaban J connectivity index is 2.27. The third kappa shape index (κ3) is 2.34. The van der Waals surface area contributed by atoms with E-state index in [1.807, 2.05) is 48.5 Å². The second kappa shape index (κ2) is 5.13. The van der Waals surface area contributed by atoms with Gasteiger partial charge in [-0.15, -0.1) is 0 Å². The molecule has 0 spiro atoms. The molecule has 0 aliphatic carbocycles. The quantitative estimate of drug-likeness (QED) is 0.769. The van der Waals surface area contributed by atoms with E-state index >= 15 is 0 Å². The van der Waals surface area contributed by atoms with E-state index in [9.17, 15) is 4.79 Å². The topological polar surface area (TPSA) is 50.4 Å². The molecule has 0 amide bonds. The zero-order valence-corrected chi connectivity index (χ0v) is 12.1. The molecule has 0 aliphatic heterocycles. The summed E-state index contributed by atoms with van der Waals surface area (Å²) >= 11 is 3.40. The first kappa shape index (κ1) is 12.9. The molecular weight excluding hydrogens is 320 g/mol. The van der Waals surface area contributed by atoms with Crippen LogP contribution in [-0.2, 0) is 11.2 Å². The Hall–Kier alpha value is -2.07. The van der Waals surface area contributed by atoms with Crippen LogP contribution in [0.5, 0.6) is 0 Å². The summed E-state index contributed by atoms with van der Waals surface area (Å²) in [5.41, 5.74) is 2.29. The van der Waals surface area contributed by atoms with Gasteiger partial charge in [0.1, 0.15) is 11.3 Å². The molecular formula is C16H11BrO3. The summed E-state index contributed by atoms with van der Waals surface area (Å²) < 4.78 is 6.78. The highest BCUT2D eigenvalue weighted by Gasteiger charge is 2.18. The molecule has 1 N–H and O–H groups in total. The average molecular weight is 331 g/mol. The Morgan fingerprint density at radius 1 is 1.15 bits per heavy atom. The third-order valence-electron chi connectivity index (χ3n) is 3.12. The summed E-state index contributed by atoms with van der Waals surface area (Å²) in [7, 11) is 0. The maximum Gasteiger partial charge on any atom is 0.307 e. The van der Waals surface area contributed by atoms with Gasteiger partial charge in [-0.25, -0.2) is 0 Å². The van der Waals surface area contributed by atoms with Crippen molar-refractivity contribution in [3.8, 4) is 11.3 Å². The normalized spacial score (nSPS) is 10.8. The van der Waals surface area contributed by atoms with Crippen LogP contribution in [0, 0.1) is 0 Å². The van der Waals surface area contributed by atoms with Gasteiger partial charge in [0.25, 0.3) is 0 Å². The maximum absolute atomic E-state index is 11.1. The van der Waals surface area contributed by atoms with Crippen molar-refractivity contribution in [1.82, 2.24) is 0 Å². The van der Waals surface area contributed by atoms with Gasteiger partial charge >= 0.3 is 5.97 Å². The van der Waals surface area contributed by atoms with Crippen molar-refractivity contribution in [1.29, 1.82) is 0 Å². The Bertz CT molecular complexity index is 775. The van der Waals surface area contributed by atoms with Crippen LogP contribution in [-0.4, -0.2) is 11.1 Å². The molecule has 3 nitrogen and oxygen atoms in total. The number of fused-ring (bicyclic) bond motifs is 1. The predicted octanol–water partition coefficient (Wildman–Crippen LogP) is 4.49. The number of rotatable bonds is 3. The first-order chi connectivity index (χ1) is 9.65. The number of hydrogen-bond acceptors (Lipinski definition) is 2. The van der Waals surface area contributed by atoms with Gasteiger partial charge in [-0.1, -0.05) is 46.3 Å². The lowest BCUT2D eigenvalue weighted by atomic mass is 10.0. The fourth-order valence-corrected chi connectivity index (χ4v) is 2.61. The van der Waals surface area contributed by atoms with Crippen LogP contribution in [0.15, 0.2) is 57.4 Å². The van der Waals surface area contributed by atoms with Crippen LogP contribution in [0.4, 0.5) is 0 Å². The van der Waals surface area contributed by atoms with Crippen molar-refractivity contribution in [2.45, 2.75) is 6.42 Å². The second-order valence-corrected chi connectivity index (χ2v) is 5.40. The molecule has 0 unspecified atom stereocenters. The first-order valence-corrected chi connectivity index (χ1v) is 6.92. The van der Waals surface area contributed by atoms with Crippen LogP contribution >= 0.6 is 15.9 Å². The van der Waals surface area contributed by atoms with Crippen molar-refractivity contribution in [3.05, 3.63) is 58.6 Å². The highest BCUT2D eigenvalue weighted by Crippen LogP contribution is 2.35. The molecule has 0 bridgehead atoms. The number of halogens is 1. The molecule has 0 saturated carbocycles. The predicted molar refractivity (Wildman–Crippen MR) is 80.7 cm³/mol. The number of hydrogen-bond donors (Lipinski definition) is 1. The van der Waals surface area contributed by atoms with Crippen molar-refractivity contribution >= 4 is 32.9 Å². The fourth-order valence-electron chi connectivity index (χ4n) is 2.27. The minimum atomic E-state index is -0.868. The van der Waals surface area contributed by atoms with Gasteiger partial charge in [0.2, 0.25) is 0 Å². The summed E-state index contributed by atoms with van der Waals surface area (Å²) in [6.45, 7) is 0. The lowest BCUT2D eigenvalue weighted by Crippen LogP contribution is -2.00. The molecule has 0 aliphatic rings. The van der Waals surface area contributed by atoms with Gasteiger partial charge in [0.05, 0.1) is 6.42 Å². The molecule has 2 aromatic carbocycles. The highest BCUT2D eigenvalue weighted by atomic mass is 79.9. The van der Waals surface area contributed by atoms with E-state index in [4.69, 9.17) is 9.52 Å². The molecule has 0 saturated heterocycles. The molecule has 1 heterocycles. The van der Waals surface area contributed by atoms with Crippen LogP contribution in [0.25, 0.3) is 22.3 Å². The summed E-state index contributed by atoms with van der Waals surface area (Å²) in [4.78, 5) is 11.1. The number of carbonyl (C=O) groups is 1. The van der Waals surface area contributed by atoms with E-state index in [1.165, 1.54) is 0 Å². The van der Waals surface area contributed by atoms with E-state index in [0.29, 0.717) is 16.9 Å². The van der Waals surface area contributed by atoms with E-state index in [1.54, 1.807) is 0 Å². The fraction of sp³-hybridized carbons (Fsp3) is 0.0625. The van der Waals surface area contributed by atoms with Crippen molar-refractivity contribution in [2.24, 2.45) is 0 Å². The van der Waals surface area contributed by atoms with Gasteiger partial charge in [-0.3, -0.25) is 4.79 Å². The molecule has 1 aromatic heterocycles.